The summed E-state index contributed by atoms with van der Waals surface area (Å²) in [6.45, 7) is 13.8. The van der Waals surface area contributed by atoms with E-state index in [0.29, 0.717) is 5.41 Å². The van der Waals surface area contributed by atoms with E-state index in [4.69, 9.17) is 0 Å². The van der Waals surface area contributed by atoms with Crippen molar-refractivity contribution in [3.8, 4) is 0 Å². The van der Waals surface area contributed by atoms with Crippen LogP contribution >= 0.6 is 0 Å². The summed E-state index contributed by atoms with van der Waals surface area (Å²) in [6, 6.07) is 0. The second-order valence-corrected chi connectivity index (χ2v) is 6.63. The molecule has 2 rings (SSSR count). The lowest BCUT2D eigenvalue weighted by molar-refractivity contribution is -0.0470. The highest BCUT2D eigenvalue weighted by molar-refractivity contribution is 4.98. The van der Waals surface area contributed by atoms with Crippen molar-refractivity contribution in [2.45, 2.75) is 33.1 Å². The SMILES string of the molecule is CCC(C)CN1CCC2(CC1)CN(CCNC)C2.[HH]. The molecule has 18 heavy (non-hydrogen) atoms. The number of nitrogens with zero attached hydrogens (tertiary/aromatic N) is 2. The molecule has 0 aromatic rings. The Hall–Kier alpha value is -0.120. The van der Waals surface area contributed by atoms with Gasteiger partial charge in [-0.2, -0.15) is 0 Å². The van der Waals surface area contributed by atoms with Crippen LogP contribution in [0.5, 0.6) is 0 Å². The maximum Gasteiger partial charge on any atom is 0.0107 e. The molecule has 2 heterocycles. The molecule has 0 amide bonds. The second-order valence-electron chi connectivity index (χ2n) is 6.63. The van der Waals surface area contributed by atoms with Crippen molar-refractivity contribution in [3.05, 3.63) is 0 Å². The van der Waals surface area contributed by atoms with Gasteiger partial charge in [-0.05, 0) is 44.3 Å². The summed E-state index contributed by atoms with van der Waals surface area (Å²) in [4.78, 5) is 5.30. The number of likely N-dealkylation sites (tertiary alicyclic amines) is 2. The molecule has 1 atom stereocenters. The van der Waals surface area contributed by atoms with E-state index in [0.717, 1.165) is 12.5 Å². The van der Waals surface area contributed by atoms with Gasteiger partial charge in [0.05, 0.1) is 0 Å². The number of piperidine rings is 1. The summed E-state index contributed by atoms with van der Waals surface area (Å²) in [5.74, 6) is 0.868. The third-order valence-electron chi connectivity index (χ3n) is 4.98. The smallest absolute Gasteiger partial charge is 0.0107 e. The Balaban J connectivity index is 0.00000180. The van der Waals surface area contributed by atoms with Crippen molar-refractivity contribution in [3.63, 3.8) is 0 Å². The van der Waals surface area contributed by atoms with Crippen LogP contribution in [0.4, 0.5) is 0 Å². The quantitative estimate of drug-likeness (QED) is 0.782. The van der Waals surface area contributed by atoms with Gasteiger partial charge in [-0.1, -0.05) is 20.3 Å². The van der Waals surface area contributed by atoms with E-state index < -0.39 is 0 Å². The Morgan fingerprint density at radius 2 is 1.89 bits per heavy atom. The number of likely N-dealkylation sites (N-methyl/N-ethyl adjacent to an activating group) is 1. The molecule has 0 bridgehead atoms. The zero-order valence-electron chi connectivity index (χ0n) is 12.5. The van der Waals surface area contributed by atoms with Crippen LogP contribution < -0.4 is 5.32 Å². The molecule has 1 unspecified atom stereocenters. The van der Waals surface area contributed by atoms with Crippen molar-refractivity contribution in [1.82, 2.24) is 15.1 Å². The van der Waals surface area contributed by atoms with Crippen LogP contribution in [0.2, 0.25) is 0 Å². The lowest BCUT2D eigenvalue weighted by Gasteiger charge is -2.54. The fraction of sp³-hybridized carbons (Fsp3) is 1.00. The summed E-state index contributed by atoms with van der Waals surface area (Å²) in [6.07, 6.45) is 4.18. The molecule has 2 aliphatic rings. The van der Waals surface area contributed by atoms with Gasteiger partial charge in [0.2, 0.25) is 0 Å². The van der Waals surface area contributed by atoms with Crippen LogP contribution in [-0.2, 0) is 0 Å². The van der Waals surface area contributed by atoms with Gasteiger partial charge in [0.15, 0.2) is 0 Å². The normalized spacial score (nSPS) is 26.2. The van der Waals surface area contributed by atoms with Gasteiger partial charge in [-0.15, -0.1) is 0 Å². The first-order chi connectivity index (χ1) is 8.67. The van der Waals surface area contributed by atoms with Gasteiger partial charge in [-0.3, -0.25) is 0 Å². The first-order valence-corrected chi connectivity index (χ1v) is 7.77. The van der Waals surface area contributed by atoms with Gasteiger partial charge in [-0.25, -0.2) is 0 Å². The Bertz CT molecular complexity index is 244. The molecule has 3 nitrogen and oxygen atoms in total. The largest absolute Gasteiger partial charge is 0.318 e. The highest BCUT2D eigenvalue weighted by atomic mass is 15.2. The van der Waals surface area contributed by atoms with E-state index in [1.807, 2.05) is 7.05 Å². The summed E-state index contributed by atoms with van der Waals surface area (Å²) in [7, 11) is 2.04. The summed E-state index contributed by atoms with van der Waals surface area (Å²) >= 11 is 0. The standard InChI is InChI=1S/C15H31N3.H2/c1-4-14(2)11-17-8-5-15(6-9-17)12-18(13-15)10-7-16-3;/h14,16H,4-13H2,1-3H3;1H. The van der Waals surface area contributed by atoms with Crippen LogP contribution in [0.3, 0.4) is 0 Å². The predicted octanol–water partition coefficient (Wildman–Crippen LogP) is 1.90. The van der Waals surface area contributed by atoms with E-state index >= 15 is 0 Å². The minimum absolute atomic E-state index is 0. The molecular weight excluding hydrogens is 222 g/mol. The van der Waals surface area contributed by atoms with Crippen LogP contribution in [0.1, 0.15) is 34.5 Å². The molecule has 3 heteroatoms. The Morgan fingerprint density at radius 1 is 1.22 bits per heavy atom. The summed E-state index contributed by atoms with van der Waals surface area (Å²) in [5, 5.41) is 3.24. The van der Waals surface area contributed by atoms with Gasteiger partial charge >= 0.3 is 0 Å². The third kappa shape index (κ3) is 3.46. The van der Waals surface area contributed by atoms with E-state index in [1.54, 1.807) is 0 Å². The van der Waals surface area contributed by atoms with Crippen molar-refractivity contribution in [2.24, 2.45) is 11.3 Å². The average Bonchev–Trinajstić information content (AvgIpc) is 2.35. The van der Waals surface area contributed by atoms with Crippen LogP contribution in [-0.4, -0.2) is 62.7 Å². The van der Waals surface area contributed by atoms with Gasteiger partial charge in [0, 0.05) is 34.2 Å². The monoisotopic (exact) mass is 255 g/mol. The summed E-state index contributed by atoms with van der Waals surface area (Å²) in [5.41, 5.74) is 0.694. The van der Waals surface area contributed by atoms with Crippen molar-refractivity contribution >= 4 is 0 Å². The van der Waals surface area contributed by atoms with Gasteiger partial charge in [0.25, 0.3) is 0 Å². The first kappa shape index (κ1) is 14.3. The molecule has 1 N–H and O–H groups in total. The summed E-state index contributed by atoms with van der Waals surface area (Å²) < 4.78 is 0. The lowest BCUT2D eigenvalue weighted by Crippen LogP contribution is -2.61. The third-order valence-corrected chi connectivity index (χ3v) is 4.98. The molecule has 0 aliphatic carbocycles. The van der Waals surface area contributed by atoms with Crippen molar-refractivity contribution in [2.75, 3.05) is 52.9 Å². The lowest BCUT2D eigenvalue weighted by atomic mass is 9.72. The molecule has 2 saturated heterocycles. The molecule has 2 fully saturated rings. The van der Waals surface area contributed by atoms with Crippen LogP contribution in [0.15, 0.2) is 0 Å². The van der Waals surface area contributed by atoms with E-state index in [-0.39, 0.29) is 1.43 Å². The zero-order chi connectivity index (χ0) is 13.0. The Labute approximate surface area is 114 Å². The minimum Gasteiger partial charge on any atom is -0.318 e. The predicted molar refractivity (Wildman–Crippen MR) is 80.0 cm³/mol. The number of hydrogen-bond donors (Lipinski definition) is 1. The number of hydrogen-bond acceptors (Lipinski definition) is 3. The number of nitrogens with one attached hydrogen (secondary N) is 1. The van der Waals surface area contributed by atoms with Crippen molar-refractivity contribution < 1.29 is 1.43 Å². The molecular formula is C15H33N3. The van der Waals surface area contributed by atoms with Gasteiger partial charge < -0.3 is 15.1 Å². The second kappa shape index (κ2) is 6.36. The maximum absolute atomic E-state index is 3.24. The fourth-order valence-electron chi connectivity index (χ4n) is 3.43. The molecule has 0 radical (unpaired) electrons. The van der Waals surface area contributed by atoms with Crippen LogP contribution in [0.25, 0.3) is 0 Å². The minimum atomic E-state index is 0. The maximum atomic E-state index is 3.24. The molecule has 108 valence electrons. The highest BCUT2D eigenvalue weighted by Crippen LogP contribution is 2.40. The van der Waals surface area contributed by atoms with Gasteiger partial charge in [0.1, 0.15) is 0 Å². The average molecular weight is 255 g/mol. The molecule has 0 aromatic carbocycles. The van der Waals surface area contributed by atoms with E-state index in [2.05, 4.69) is 29.0 Å². The Morgan fingerprint density at radius 3 is 2.44 bits per heavy atom. The molecule has 0 saturated carbocycles. The topological polar surface area (TPSA) is 18.5 Å². The number of rotatable bonds is 6. The highest BCUT2D eigenvalue weighted by Gasteiger charge is 2.44. The molecule has 1 spiro atoms. The van der Waals surface area contributed by atoms with Crippen LogP contribution in [0, 0.1) is 11.3 Å². The molecule has 2 aliphatic heterocycles. The fourth-order valence-corrected chi connectivity index (χ4v) is 3.43. The van der Waals surface area contributed by atoms with E-state index in [1.165, 1.54) is 58.5 Å². The first-order valence-electron chi connectivity index (χ1n) is 7.77. The van der Waals surface area contributed by atoms with Crippen molar-refractivity contribution in [1.29, 1.82) is 0 Å². The Kier molecular flexibility index (Phi) is 5.05. The molecule has 0 aromatic heterocycles. The zero-order valence-corrected chi connectivity index (χ0v) is 12.5. The van der Waals surface area contributed by atoms with E-state index in [9.17, 15) is 0 Å².